The van der Waals surface area contributed by atoms with Crippen LogP contribution in [0.5, 0.6) is 0 Å². The van der Waals surface area contributed by atoms with Gasteiger partial charge >= 0.3 is 6.03 Å². The number of piperidine rings is 1. The highest BCUT2D eigenvalue weighted by molar-refractivity contribution is 7.89. The van der Waals surface area contributed by atoms with Gasteiger partial charge in [0.15, 0.2) is 0 Å². The summed E-state index contributed by atoms with van der Waals surface area (Å²) >= 11 is 0. The Morgan fingerprint density at radius 3 is 2.32 bits per heavy atom. The average molecular weight is 410 g/mol. The van der Waals surface area contributed by atoms with Gasteiger partial charge in [0.25, 0.3) is 5.91 Å². The zero-order valence-corrected chi connectivity index (χ0v) is 17.3. The molecule has 2 aliphatic rings. The van der Waals surface area contributed by atoms with Gasteiger partial charge in [-0.3, -0.25) is 10.1 Å². The van der Waals surface area contributed by atoms with E-state index in [2.05, 4.69) is 20.5 Å². The van der Waals surface area contributed by atoms with E-state index >= 15 is 0 Å². The molecule has 2 aliphatic heterocycles. The van der Waals surface area contributed by atoms with Gasteiger partial charge in [-0.2, -0.15) is 4.31 Å². The van der Waals surface area contributed by atoms with Gasteiger partial charge in [0.1, 0.15) is 16.3 Å². The minimum Gasteiger partial charge on any atom is -0.357 e. The molecule has 0 aromatic carbocycles. The summed E-state index contributed by atoms with van der Waals surface area (Å²) in [6, 6.07) is 2.87. The van der Waals surface area contributed by atoms with Crippen molar-refractivity contribution < 1.29 is 18.0 Å². The number of imide groups is 1. The SMILES string of the molecule is CCN(CC)S(=O)(=O)c1ccc(N2CCC(C3(C)NC(=O)NC3=O)CC2)nc1. The Kier molecular flexibility index (Phi) is 5.62. The van der Waals surface area contributed by atoms with Crippen LogP contribution >= 0.6 is 0 Å². The summed E-state index contributed by atoms with van der Waals surface area (Å²) < 4.78 is 26.5. The maximum atomic E-state index is 12.6. The standard InChI is InChI=1S/C18H27N5O4S/c1-4-23(5-2)28(26,27)14-6-7-15(19-12-14)22-10-8-13(9-11-22)18(3)16(24)20-17(25)21-18/h6-7,12-13H,4-5,8-11H2,1-3H3,(H2,20,21,24,25). The van der Waals surface area contributed by atoms with Gasteiger partial charge < -0.3 is 10.2 Å². The molecule has 28 heavy (non-hydrogen) atoms. The van der Waals surface area contributed by atoms with Crippen molar-refractivity contribution in [2.24, 2.45) is 5.92 Å². The lowest BCUT2D eigenvalue weighted by Crippen LogP contribution is -2.53. The summed E-state index contributed by atoms with van der Waals surface area (Å²) in [6.45, 7) is 7.56. The van der Waals surface area contributed by atoms with Gasteiger partial charge in [0.05, 0.1) is 0 Å². The molecule has 3 rings (SSSR count). The Balaban J connectivity index is 1.67. The Bertz CT molecular complexity index is 845. The number of rotatable bonds is 6. The van der Waals surface area contributed by atoms with Crippen molar-refractivity contribution in [2.45, 2.75) is 44.0 Å². The average Bonchev–Trinajstić information content (AvgIpc) is 2.95. The number of sulfonamides is 1. The largest absolute Gasteiger partial charge is 0.357 e. The molecule has 1 aromatic rings. The molecule has 3 heterocycles. The summed E-state index contributed by atoms with van der Waals surface area (Å²) in [4.78, 5) is 30.2. The summed E-state index contributed by atoms with van der Waals surface area (Å²) in [5.74, 6) is 0.472. The Labute approximate surface area is 165 Å². The normalized spacial score (nSPS) is 23.8. The molecule has 2 saturated heterocycles. The van der Waals surface area contributed by atoms with Crippen molar-refractivity contribution in [3.05, 3.63) is 18.3 Å². The predicted molar refractivity (Wildman–Crippen MR) is 104 cm³/mol. The molecular weight excluding hydrogens is 382 g/mol. The van der Waals surface area contributed by atoms with E-state index in [1.54, 1.807) is 32.9 Å². The van der Waals surface area contributed by atoms with Crippen LogP contribution in [-0.2, 0) is 14.8 Å². The fraction of sp³-hybridized carbons (Fsp3) is 0.611. The van der Waals surface area contributed by atoms with Gasteiger partial charge in [-0.05, 0) is 37.8 Å². The zero-order chi connectivity index (χ0) is 20.5. The third kappa shape index (κ3) is 3.58. The predicted octanol–water partition coefficient (Wildman–Crippen LogP) is 0.927. The van der Waals surface area contributed by atoms with Crippen LogP contribution in [-0.4, -0.2) is 61.4 Å². The number of carbonyl (C=O) groups excluding carboxylic acids is 2. The number of aromatic nitrogens is 1. The third-order valence-corrected chi connectivity index (χ3v) is 7.80. The van der Waals surface area contributed by atoms with Crippen molar-refractivity contribution in [3.63, 3.8) is 0 Å². The van der Waals surface area contributed by atoms with Crippen LogP contribution < -0.4 is 15.5 Å². The summed E-state index contributed by atoms with van der Waals surface area (Å²) in [5, 5.41) is 5.06. The monoisotopic (exact) mass is 409 g/mol. The smallest absolute Gasteiger partial charge is 0.322 e. The molecular formula is C18H27N5O4S. The van der Waals surface area contributed by atoms with Gasteiger partial charge in [-0.25, -0.2) is 18.2 Å². The van der Waals surface area contributed by atoms with Gasteiger partial charge in [0, 0.05) is 32.4 Å². The summed E-state index contributed by atoms with van der Waals surface area (Å²) in [7, 11) is -3.52. The highest BCUT2D eigenvalue weighted by Gasteiger charge is 2.48. The van der Waals surface area contributed by atoms with Crippen molar-refractivity contribution in [2.75, 3.05) is 31.1 Å². The van der Waals surface area contributed by atoms with Crippen LogP contribution in [0.3, 0.4) is 0 Å². The van der Waals surface area contributed by atoms with Crippen molar-refractivity contribution in [3.8, 4) is 0 Å². The first kappa shape index (κ1) is 20.5. The fourth-order valence-corrected chi connectivity index (χ4v) is 5.36. The van der Waals surface area contributed by atoms with E-state index in [0.29, 0.717) is 32.0 Å². The van der Waals surface area contributed by atoms with Gasteiger partial charge in [-0.1, -0.05) is 13.8 Å². The molecule has 1 aromatic heterocycles. The van der Waals surface area contributed by atoms with Crippen molar-refractivity contribution in [1.82, 2.24) is 19.9 Å². The quantitative estimate of drug-likeness (QED) is 0.676. The van der Waals surface area contributed by atoms with Crippen LogP contribution in [0.15, 0.2) is 23.2 Å². The first-order valence-electron chi connectivity index (χ1n) is 9.57. The lowest BCUT2D eigenvalue weighted by atomic mass is 9.79. The number of nitrogens with zero attached hydrogens (tertiary/aromatic N) is 3. The molecule has 1 unspecified atom stereocenters. The minimum atomic E-state index is -3.52. The first-order valence-corrected chi connectivity index (χ1v) is 11.0. The lowest BCUT2D eigenvalue weighted by molar-refractivity contribution is -0.125. The molecule has 9 nitrogen and oxygen atoms in total. The van der Waals surface area contributed by atoms with E-state index in [-0.39, 0.29) is 16.7 Å². The maximum absolute atomic E-state index is 12.6. The second-order valence-electron chi connectivity index (χ2n) is 7.31. The number of hydrogen-bond donors (Lipinski definition) is 2. The maximum Gasteiger partial charge on any atom is 0.322 e. The second kappa shape index (κ2) is 7.67. The van der Waals surface area contributed by atoms with Crippen LogP contribution in [0.2, 0.25) is 0 Å². The Morgan fingerprint density at radius 2 is 1.86 bits per heavy atom. The van der Waals surface area contributed by atoms with E-state index in [9.17, 15) is 18.0 Å². The third-order valence-electron chi connectivity index (χ3n) is 5.77. The van der Waals surface area contributed by atoms with E-state index in [0.717, 1.165) is 12.8 Å². The number of anilines is 1. The molecule has 3 amide bonds. The van der Waals surface area contributed by atoms with Crippen LogP contribution in [0.4, 0.5) is 10.6 Å². The summed E-state index contributed by atoms with van der Waals surface area (Å²) in [6.07, 6.45) is 2.86. The molecule has 2 fully saturated rings. The lowest BCUT2D eigenvalue weighted by Gasteiger charge is -2.39. The van der Waals surface area contributed by atoms with Crippen molar-refractivity contribution >= 4 is 27.8 Å². The van der Waals surface area contributed by atoms with Crippen molar-refractivity contribution in [1.29, 1.82) is 0 Å². The highest BCUT2D eigenvalue weighted by Crippen LogP contribution is 2.32. The first-order chi connectivity index (χ1) is 13.2. The van der Waals surface area contributed by atoms with Crippen LogP contribution in [0.25, 0.3) is 0 Å². The molecule has 0 saturated carbocycles. The molecule has 154 valence electrons. The number of urea groups is 1. The number of carbonyl (C=O) groups is 2. The number of pyridine rings is 1. The highest BCUT2D eigenvalue weighted by atomic mass is 32.2. The number of amides is 3. The number of hydrogen-bond acceptors (Lipinski definition) is 6. The van der Waals surface area contributed by atoms with E-state index in [1.807, 2.05) is 0 Å². The van der Waals surface area contributed by atoms with Gasteiger partial charge in [-0.15, -0.1) is 0 Å². The zero-order valence-electron chi connectivity index (χ0n) is 16.4. The summed E-state index contributed by atoms with van der Waals surface area (Å²) in [5.41, 5.74) is -0.877. The number of nitrogens with one attached hydrogen (secondary N) is 2. The van der Waals surface area contributed by atoms with E-state index < -0.39 is 21.6 Å². The second-order valence-corrected chi connectivity index (χ2v) is 9.25. The Hall–Kier alpha value is -2.20. The Morgan fingerprint density at radius 1 is 1.21 bits per heavy atom. The van der Waals surface area contributed by atoms with E-state index in [1.165, 1.54) is 10.5 Å². The topological polar surface area (TPSA) is 112 Å². The fourth-order valence-electron chi connectivity index (χ4n) is 3.95. The minimum absolute atomic E-state index is 0.0394. The molecule has 0 bridgehead atoms. The van der Waals surface area contributed by atoms with Gasteiger partial charge in [0.2, 0.25) is 10.0 Å². The molecule has 0 spiro atoms. The molecule has 0 aliphatic carbocycles. The molecule has 10 heteroatoms. The van der Waals surface area contributed by atoms with E-state index in [4.69, 9.17) is 0 Å². The molecule has 2 N–H and O–H groups in total. The molecule has 0 radical (unpaired) electrons. The van der Waals surface area contributed by atoms with Crippen LogP contribution in [0.1, 0.15) is 33.6 Å². The molecule has 1 atom stereocenters. The van der Waals surface area contributed by atoms with Crippen LogP contribution in [0, 0.1) is 5.92 Å².